The Balaban J connectivity index is 2.14. The van der Waals surface area contributed by atoms with Crippen molar-refractivity contribution < 1.29 is 4.42 Å². The summed E-state index contributed by atoms with van der Waals surface area (Å²) in [6.07, 6.45) is 3.06. The van der Waals surface area contributed by atoms with Crippen molar-refractivity contribution in [2.75, 3.05) is 5.73 Å². The van der Waals surface area contributed by atoms with Crippen LogP contribution in [0, 0.1) is 11.3 Å². The summed E-state index contributed by atoms with van der Waals surface area (Å²) in [5, 5.41) is 11.4. The third-order valence-electron chi connectivity index (χ3n) is 3.65. The lowest BCUT2D eigenvalue weighted by Crippen LogP contribution is -2.39. The Morgan fingerprint density at radius 1 is 1.40 bits per heavy atom. The van der Waals surface area contributed by atoms with Crippen molar-refractivity contribution in [2.45, 2.75) is 0 Å². The summed E-state index contributed by atoms with van der Waals surface area (Å²) in [6.45, 7) is 0. The van der Waals surface area contributed by atoms with Crippen molar-refractivity contribution in [3.8, 4) is 17.3 Å². The summed E-state index contributed by atoms with van der Waals surface area (Å²) in [5.74, 6) is 0.546. The van der Waals surface area contributed by atoms with E-state index in [4.69, 9.17) is 10.2 Å². The van der Waals surface area contributed by atoms with E-state index < -0.39 is 11.2 Å². The normalized spacial score (nSPS) is 11.5. The first kappa shape index (κ1) is 16.5. The van der Waals surface area contributed by atoms with E-state index in [0.29, 0.717) is 22.0 Å². The lowest BCUT2D eigenvalue weighted by Gasteiger charge is -2.09. The maximum Gasteiger partial charge on any atom is 0.332 e. The van der Waals surface area contributed by atoms with E-state index in [0.717, 1.165) is 4.57 Å². The Hall–Kier alpha value is -3.38. The molecule has 0 saturated heterocycles. The fourth-order valence-electron chi connectivity index (χ4n) is 2.27. The fourth-order valence-corrected chi connectivity index (χ4v) is 3.05. The minimum atomic E-state index is -0.536. The summed E-state index contributed by atoms with van der Waals surface area (Å²) >= 11 is 1.20. The highest BCUT2D eigenvalue weighted by Crippen LogP contribution is 2.27. The van der Waals surface area contributed by atoms with Gasteiger partial charge in [0.05, 0.1) is 17.5 Å². The van der Waals surface area contributed by atoms with Gasteiger partial charge in [0.15, 0.2) is 0 Å². The van der Waals surface area contributed by atoms with Crippen molar-refractivity contribution in [3.63, 3.8) is 0 Å². The van der Waals surface area contributed by atoms with Gasteiger partial charge < -0.3 is 10.2 Å². The van der Waals surface area contributed by atoms with Crippen LogP contribution in [0.4, 0.5) is 5.82 Å². The molecule has 0 saturated carbocycles. The molecule has 3 rings (SSSR count). The van der Waals surface area contributed by atoms with Gasteiger partial charge in [-0.2, -0.15) is 5.26 Å². The van der Waals surface area contributed by atoms with Gasteiger partial charge in [-0.15, -0.1) is 11.3 Å². The first-order valence-electron chi connectivity index (χ1n) is 7.11. The van der Waals surface area contributed by atoms with E-state index in [9.17, 15) is 14.9 Å². The molecule has 0 fully saturated rings. The molecule has 3 heterocycles. The number of nitrogen functional groups attached to an aromatic ring is 1. The number of rotatable bonds is 3. The van der Waals surface area contributed by atoms with Gasteiger partial charge in [0.2, 0.25) is 0 Å². The molecule has 0 unspecified atom stereocenters. The van der Waals surface area contributed by atoms with Crippen LogP contribution in [0.5, 0.6) is 0 Å². The molecular formula is C16H13N5O3S. The smallest absolute Gasteiger partial charge is 0.332 e. The van der Waals surface area contributed by atoms with E-state index >= 15 is 0 Å². The van der Waals surface area contributed by atoms with Gasteiger partial charge in [-0.05, 0) is 12.1 Å². The zero-order valence-electron chi connectivity index (χ0n) is 13.4. The van der Waals surface area contributed by atoms with Gasteiger partial charge in [-0.1, -0.05) is 0 Å². The quantitative estimate of drug-likeness (QED) is 0.710. The largest absolute Gasteiger partial charge is 0.465 e. The average molecular weight is 355 g/mol. The SMILES string of the molecule is Cn1c(N)c(-c2csc(C(C#N)=Cc3ccco3)n2)c(=O)n(C)c1=O. The number of nitriles is 1. The second kappa shape index (κ2) is 6.26. The number of furan rings is 1. The maximum atomic E-state index is 12.4. The number of nitrogens with two attached hydrogens (primary N) is 1. The second-order valence-electron chi connectivity index (χ2n) is 5.19. The molecule has 0 aliphatic heterocycles. The molecule has 3 aromatic heterocycles. The molecule has 25 heavy (non-hydrogen) atoms. The molecule has 0 atom stereocenters. The standard InChI is InChI=1S/C16H13N5O3S/c1-20-13(18)12(15(22)21(2)16(20)23)11-8-25-14(19-11)9(7-17)6-10-4-3-5-24-10/h3-6,8H,18H2,1-2H3. The van der Waals surface area contributed by atoms with Crippen LogP contribution in [0.25, 0.3) is 22.9 Å². The lowest BCUT2D eigenvalue weighted by atomic mass is 10.2. The Bertz CT molecular complexity index is 1130. The van der Waals surface area contributed by atoms with Crippen LogP contribution >= 0.6 is 11.3 Å². The zero-order valence-corrected chi connectivity index (χ0v) is 14.2. The van der Waals surface area contributed by atoms with E-state index in [1.165, 1.54) is 36.3 Å². The predicted molar refractivity (Wildman–Crippen MR) is 94.6 cm³/mol. The van der Waals surface area contributed by atoms with Crippen molar-refractivity contribution in [3.05, 3.63) is 55.4 Å². The van der Waals surface area contributed by atoms with Crippen LogP contribution in [0.1, 0.15) is 10.8 Å². The van der Waals surface area contributed by atoms with Crippen molar-refractivity contribution >= 4 is 28.8 Å². The van der Waals surface area contributed by atoms with Crippen molar-refractivity contribution in [1.29, 1.82) is 5.26 Å². The Morgan fingerprint density at radius 3 is 2.80 bits per heavy atom. The van der Waals surface area contributed by atoms with Gasteiger partial charge >= 0.3 is 5.69 Å². The van der Waals surface area contributed by atoms with E-state index in [1.54, 1.807) is 23.6 Å². The molecule has 0 aliphatic carbocycles. The molecule has 0 amide bonds. The molecule has 0 bridgehead atoms. The van der Waals surface area contributed by atoms with Gasteiger partial charge in [0.1, 0.15) is 28.2 Å². The number of aromatic nitrogens is 3. The minimum Gasteiger partial charge on any atom is -0.465 e. The lowest BCUT2D eigenvalue weighted by molar-refractivity contribution is 0.557. The zero-order chi connectivity index (χ0) is 18.1. The molecule has 8 nitrogen and oxygen atoms in total. The average Bonchev–Trinajstić information content (AvgIpc) is 3.28. The van der Waals surface area contributed by atoms with Crippen LogP contribution in [-0.2, 0) is 14.1 Å². The predicted octanol–water partition coefficient (Wildman–Crippen LogP) is 1.45. The maximum absolute atomic E-state index is 12.4. The highest BCUT2D eigenvalue weighted by molar-refractivity contribution is 7.11. The van der Waals surface area contributed by atoms with Crippen molar-refractivity contribution in [2.24, 2.45) is 14.1 Å². The minimum absolute atomic E-state index is 0.0264. The highest BCUT2D eigenvalue weighted by atomic mass is 32.1. The van der Waals surface area contributed by atoms with E-state index in [1.807, 2.05) is 0 Å². The first-order chi connectivity index (χ1) is 11.9. The van der Waals surface area contributed by atoms with Gasteiger partial charge in [-0.3, -0.25) is 13.9 Å². The van der Waals surface area contributed by atoms with Gasteiger partial charge in [0.25, 0.3) is 5.56 Å². The monoisotopic (exact) mass is 355 g/mol. The van der Waals surface area contributed by atoms with Crippen LogP contribution in [0.3, 0.4) is 0 Å². The van der Waals surface area contributed by atoms with Gasteiger partial charge in [-0.25, -0.2) is 9.78 Å². The van der Waals surface area contributed by atoms with Crippen LogP contribution in [-0.4, -0.2) is 14.1 Å². The summed E-state index contributed by atoms with van der Waals surface area (Å²) in [4.78, 5) is 28.6. The molecule has 0 spiro atoms. The highest BCUT2D eigenvalue weighted by Gasteiger charge is 2.18. The Labute approximate surface area is 145 Å². The van der Waals surface area contributed by atoms with Crippen LogP contribution < -0.4 is 17.0 Å². The number of hydrogen-bond acceptors (Lipinski definition) is 7. The van der Waals surface area contributed by atoms with E-state index in [-0.39, 0.29) is 11.4 Å². The molecule has 0 radical (unpaired) electrons. The molecule has 9 heteroatoms. The number of nitrogens with zero attached hydrogens (tertiary/aromatic N) is 4. The Morgan fingerprint density at radius 2 is 2.16 bits per heavy atom. The molecular weight excluding hydrogens is 342 g/mol. The molecule has 2 N–H and O–H groups in total. The summed E-state index contributed by atoms with van der Waals surface area (Å²) in [6, 6.07) is 5.49. The third-order valence-corrected chi connectivity index (χ3v) is 4.53. The Kier molecular flexibility index (Phi) is 4.12. The van der Waals surface area contributed by atoms with Gasteiger partial charge in [0, 0.05) is 25.6 Å². The second-order valence-corrected chi connectivity index (χ2v) is 6.05. The topological polar surface area (TPSA) is 120 Å². The van der Waals surface area contributed by atoms with E-state index in [2.05, 4.69) is 11.1 Å². The third kappa shape index (κ3) is 2.79. The van der Waals surface area contributed by atoms with Crippen LogP contribution in [0.2, 0.25) is 0 Å². The van der Waals surface area contributed by atoms with Crippen LogP contribution in [0.15, 0.2) is 37.8 Å². The number of hydrogen-bond donors (Lipinski definition) is 1. The molecule has 0 aliphatic rings. The first-order valence-corrected chi connectivity index (χ1v) is 7.99. The summed E-state index contributed by atoms with van der Waals surface area (Å²) in [7, 11) is 2.85. The molecule has 3 aromatic rings. The molecule has 126 valence electrons. The number of allylic oxidation sites excluding steroid dienone is 1. The van der Waals surface area contributed by atoms with Crippen molar-refractivity contribution in [1.82, 2.24) is 14.1 Å². The number of anilines is 1. The number of thiazole rings is 1. The fraction of sp³-hybridized carbons (Fsp3) is 0.125. The molecule has 0 aromatic carbocycles. The summed E-state index contributed by atoms with van der Waals surface area (Å²) < 4.78 is 7.35. The summed E-state index contributed by atoms with van der Waals surface area (Å²) in [5.41, 5.74) is 5.62.